The monoisotopic (exact) mass is 239 g/mol. The first-order valence-corrected chi connectivity index (χ1v) is 6.40. The zero-order valence-electron chi connectivity index (χ0n) is 9.48. The van der Waals surface area contributed by atoms with Crippen LogP contribution in [-0.2, 0) is 11.3 Å². The number of rotatable bonds is 6. The van der Waals surface area contributed by atoms with Crippen molar-refractivity contribution < 1.29 is 9.90 Å². The molecule has 2 rings (SSSR count). The minimum absolute atomic E-state index is 0.0673. The number of aliphatic carboxylic acids is 1. The van der Waals surface area contributed by atoms with Gasteiger partial charge in [0.25, 0.3) is 0 Å². The van der Waals surface area contributed by atoms with Gasteiger partial charge in [-0.15, -0.1) is 11.3 Å². The van der Waals surface area contributed by atoms with Crippen molar-refractivity contribution in [2.24, 2.45) is 5.41 Å². The lowest BCUT2D eigenvalue weighted by atomic mass is 10.0. The van der Waals surface area contributed by atoms with Gasteiger partial charge in [-0.3, -0.25) is 4.79 Å². The van der Waals surface area contributed by atoms with Gasteiger partial charge in [0.1, 0.15) is 0 Å². The van der Waals surface area contributed by atoms with Gasteiger partial charge in [-0.1, -0.05) is 6.07 Å². The van der Waals surface area contributed by atoms with E-state index in [4.69, 9.17) is 5.11 Å². The SMILES string of the molecule is CN(Cc1cccs1)CC1(CC(=O)O)CC1. The van der Waals surface area contributed by atoms with E-state index in [9.17, 15) is 4.79 Å². The molecular weight excluding hydrogens is 222 g/mol. The first kappa shape index (κ1) is 11.6. The average Bonchev–Trinajstić information content (AvgIpc) is 2.74. The van der Waals surface area contributed by atoms with Crippen LogP contribution in [0.5, 0.6) is 0 Å². The molecule has 0 radical (unpaired) electrons. The highest BCUT2D eigenvalue weighted by molar-refractivity contribution is 7.09. The van der Waals surface area contributed by atoms with Crippen molar-refractivity contribution in [2.75, 3.05) is 13.6 Å². The van der Waals surface area contributed by atoms with Crippen molar-refractivity contribution in [3.63, 3.8) is 0 Å². The second kappa shape index (κ2) is 4.55. The van der Waals surface area contributed by atoms with Crippen molar-refractivity contribution in [2.45, 2.75) is 25.8 Å². The fourth-order valence-electron chi connectivity index (χ4n) is 2.19. The van der Waals surface area contributed by atoms with Crippen LogP contribution in [0.1, 0.15) is 24.1 Å². The molecule has 0 aliphatic heterocycles. The average molecular weight is 239 g/mol. The lowest BCUT2D eigenvalue weighted by Gasteiger charge is -2.21. The van der Waals surface area contributed by atoms with Crippen LogP contribution in [0, 0.1) is 5.41 Å². The molecule has 0 atom stereocenters. The molecule has 0 unspecified atom stereocenters. The number of hydrogen-bond donors (Lipinski definition) is 1. The Balaban J connectivity index is 1.83. The van der Waals surface area contributed by atoms with Gasteiger partial charge in [0.2, 0.25) is 0 Å². The molecular formula is C12H17NO2S. The zero-order chi connectivity index (χ0) is 11.6. The summed E-state index contributed by atoms with van der Waals surface area (Å²) in [5, 5.41) is 10.9. The highest BCUT2D eigenvalue weighted by Crippen LogP contribution is 2.49. The van der Waals surface area contributed by atoms with Crippen LogP contribution in [-0.4, -0.2) is 29.6 Å². The summed E-state index contributed by atoms with van der Waals surface area (Å²) in [5.74, 6) is -0.665. The second-order valence-corrected chi connectivity index (χ2v) is 5.85. The molecule has 3 nitrogen and oxygen atoms in total. The Hall–Kier alpha value is -0.870. The first-order chi connectivity index (χ1) is 7.60. The van der Waals surface area contributed by atoms with Crippen molar-refractivity contribution in [3.05, 3.63) is 22.4 Å². The van der Waals surface area contributed by atoms with Gasteiger partial charge in [-0.25, -0.2) is 0 Å². The molecule has 1 aliphatic rings. The molecule has 16 heavy (non-hydrogen) atoms. The largest absolute Gasteiger partial charge is 0.481 e. The number of carboxylic acid groups (broad SMARTS) is 1. The van der Waals surface area contributed by atoms with E-state index in [2.05, 4.69) is 29.5 Å². The van der Waals surface area contributed by atoms with Crippen LogP contribution in [0.2, 0.25) is 0 Å². The molecule has 1 aliphatic carbocycles. The third-order valence-corrected chi connectivity index (χ3v) is 3.96. The predicted molar refractivity (Wildman–Crippen MR) is 64.6 cm³/mol. The summed E-state index contributed by atoms with van der Waals surface area (Å²) >= 11 is 1.75. The van der Waals surface area contributed by atoms with Gasteiger partial charge in [-0.2, -0.15) is 0 Å². The lowest BCUT2D eigenvalue weighted by molar-refractivity contribution is -0.138. The van der Waals surface area contributed by atoms with E-state index < -0.39 is 5.97 Å². The minimum Gasteiger partial charge on any atom is -0.481 e. The summed E-state index contributed by atoms with van der Waals surface area (Å²) < 4.78 is 0. The number of hydrogen-bond acceptors (Lipinski definition) is 3. The Labute approximate surface area is 99.7 Å². The Morgan fingerprint density at radius 2 is 2.38 bits per heavy atom. The quantitative estimate of drug-likeness (QED) is 0.829. The maximum absolute atomic E-state index is 10.7. The number of carboxylic acids is 1. The molecule has 0 saturated heterocycles. The normalized spacial score (nSPS) is 17.6. The Kier molecular flexibility index (Phi) is 3.30. The topological polar surface area (TPSA) is 40.5 Å². The number of carbonyl (C=O) groups is 1. The zero-order valence-corrected chi connectivity index (χ0v) is 10.3. The third kappa shape index (κ3) is 3.06. The molecule has 4 heteroatoms. The summed E-state index contributed by atoms with van der Waals surface area (Å²) in [6, 6.07) is 4.18. The van der Waals surface area contributed by atoms with Crippen molar-refractivity contribution in [1.29, 1.82) is 0 Å². The summed E-state index contributed by atoms with van der Waals surface area (Å²) in [7, 11) is 2.07. The molecule has 0 spiro atoms. The smallest absolute Gasteiger partial charge is 0.303 e. The van der Waals surface area contributed by atoms with Gasteiger partial charge >= 0.3 is 5.97 Å². The molecule has 0 bridgehead atoms. The lowest BCUT2D eigenvalue weighted by Crippen LogP contribution is -2.27. The minimum atomic E-state index is -0.665. The first-order valence-electron chi connectivity index (χ1n) is 5.52. The van der Waals surface area contributed by atoms with E-state index >= 15 is 0 Å². The maximum atomic E-state index is 10.7. The molecule has 1 heterocycles. The van der Waals surface area contributed by atoms with Crippen LogP contribution in [0.4, 0.5) is 0 Å². The fourth-order valence-corrected chi connectivity index (χ4v) is 2.97. The molecule has 1 fully saturated rings. The highest BCUT2D eigenvalue weighted by Gasteiger charge is 2.44. The van der Waals surface area contributed by atoms with Gasteiger partial charge in [0.15, 0.2) is 0 Å². The summed E-state index contributed by atoms with van der Waals surface area (Å²) in [6.45, 7) is 1.83. The van der Waals surface area contributed by atoms with E-state index in [-0.39, 0.29) is 5.41 Å². The van der Waals surface area contributed by atoms with Gasteiger partial charge in [0.05, 0.1) is 6.42 Å². The second-order valence-electron chi connectivity index (χ2n) is 4.82. The highest BCUT2D eigenvalue weighted by atomic mass is 32.1. The van der Waals surface area contributed by atoms with Crippen LogP contribution in [0.15, 0.2) is 17.5 Å². The number of thiophene rings is 1. The molecule has 1 aromatic heterocycles. The molecule has 0 aromatic carbocycles. The fraction of sp³-hybridized carbons (Fsp3) is 0.583. The van der Waals surface area contributed by atoms with Gasteiger partial charge < -0.3 is 10.0 Å². The Morgan fingerprint density at radius 3 is 2.88 bits per heavy atom. The standard InChI is InChI=1S/C12H17NO2S/c1-13(8-10-3-2-6-16-10)9-12(4-5-12)7-11(14)15/h2-3,6H,4-5,7-9H2,1H3,(H,14,15). The van der Waals surface area contributed by atoms with E-state index in [1.807, 2.05) is 0 Å². The molecule has 1 saturated carbocycles. The van der Waals surface area contributed by atoms with Crippen LogP contribution in [0.3, 0.4) is 0 Å². The van der Waals surface area contributed by atoms with E-state index in [1.54, 1.807) is 11.3 Å². The van der Waals surface area contributed by atoms with Gasteiger partial charge in [-0.05, 0) is 36.8 Å². The maximum Gasteiger partial charge on any atom is 0.303 e. The number of nitrogens with zero attached hydrogens (tertiary/aromatic N) is 1. The van der Waals surface area contributed by atoms with Crippen molar-refractivity contribution in [3.8, 4) is 0 Å². The Bertz CT molecular complexity index is 357. The molecule has 0 amide bonds. The molecule has 1 aromatic rings. The molecule has 88 valence electrons. The van der Waals surface area contributed by atoms with Crippen molar-refractivity contribution in [1.82, 2.24) is 4.90 Å². The van der Waals surface area contributed by atoms with E-state index in [1.165, 1.54) is 4.88 Å². The summed E-state index contributed by atoms with van der Waals surface area (Å²) in [6.07, 6.45) is 2.45. The van der Waals surface area contributed by atoms with Crippen LogP contribution in [0.25, 0.3) is 0 Å². The van der Waals surface area contributed by atoms with Gasteiger partial charge in [0, 0.05) is 18.0 Å². The van der Waals surface area contributed by atoms with E-state index in [0.717, 1.165) is 25.9 Å². The van der Waals surface area contributed by atoms with E-state index in [0.29, 0.717) is 6.42 Å². The summed E-state index contributed by atoms with van der Waals surface area (Å²) in [4.78, 5) is 14.3. The molecule has 1 N–H and O–H groups in total. The Morgan fingerprint density at radius 1 is 1.62 bits per heavy atom. The van der Waals surface area contributed by atoms with Crippen molar-refractivity contribution >= 4 is 17.3 Å². The summed E-state index contributed by atoms with van der Waals surface area (Å²) in [5.41, 5.74) is 0.0673. The van der Waals surface area contributed by atoms with Crippen LogP contribution >= 0.6 is 11.3 Å². The van der Waals surface area contributed by atoms with Crippen LogP contribution < -0.4 is 0 Å². The third-order valence-electron chi connectivity index (χ3n) is 3.09. The predicted octanol–water partition coefficient (Wildman–Crippen LogP) is 2.43.